The van der Waals surface area contributed by atoms with Gasteiger partial charge in [-0.25, -0.2) is 4.98 Å². The van der Waals surface area contributed by atoms with Gasteiger partial charge in [-0.1, -0.05) is 0 Å². The van der Waals surface area contributed by atoms with Crippen molar-refractivity contribution in [3.8, 4) is 0 Å². The summed E-state index contributed by atoms with van der Waals surface area (Å²) >= 11 is 1.58. The van der Waals surface area contributed by atoms with Crippen LogP contribution in [-0.2, 0) is 4.74 Å². The van der Waals surface area contributed by atoms with Gasteiger partial charge < -0.3 is 9.64 Å². The summed E-state index contributed by atoms with van der Waals surface area (Å²) in [6, 6.07) is 6.76. The summed E-state index contributed by atoms with van der Waals surface area (Å²) in [7, 11) is 0. The third-order valence-electron chi connectivity index (χ3n) is 5.58. The monoisotopic (exact) mass is 343 g/mol. The Morgan fingerprint density at radius 1 is 1.25 bits per heavy atom. The molecular weight excluding hydrogens is 322 g/mol. The minimum atomic E-state index is 0.137. The molecule has 3 heterocycles. The quantitative estimate of drug-likeness (QED) is 0.839. The third kappa shape index (κ3) is 2.53. The number of ether oxygens (including phenoxy) is 1. The molecule has 5 nitrogen and oxygen atoms in total. The van der Waals surface area contributed by atoms with Gasteiger partial charge in [-0.05, 0) is 37.0 Å². The zero-order valence-corrected chi connectivity index (χ0v) is 14.4. The number of morpholine rings is 1. The number of benzene rings is 1. The van der Waals surface area contributed by atoms with E-state index in [2.05, 4.69) is 9.88 Å². The standard InChI is InChI=1S/C18H21N3O2S/c22-18(13-3-4-15-17(7-13)24-11-19-15)20-5-6-21-14(8-20)9-23-10-16(21)12-1-2-12/h3-4,7,11-12,14,16H,1-2,5-6,8-10H2/t14-,16-/m1/s1. The lowest BCUT2D eigenvalue weighted by atomic mass is 10.0. The van der Waals surface area contributed by atoms with Gasteiger partial charge >= 0.3 is 0 Å². The molecule has 0 N–H and O–H groups in total. The zero-order valence-electron chi connectivity index (χ0n) is 13.6. The second-order valence-electron chi connectivity index (χ2n) is 7.12. The number of amides is 1. The Kier molecular flexibility index (Phi) is 3.57. The van der Waals surface area contributed by atoms with Crippen LogP contribution in [0.2, 0.25) is 0 Å². The van der Waals surface area contributed by atoms with Gasteiger partial charge in [-0.3, -0.25) is 9.69 Å². The van der Waals surface area contributed by atoms with Crippen LogP contribution in [0.25, 0.3) is 10.2 Å². The number of hydrogen-bond donors (Lipinski definition) is 0. The molecule has 6 heteroatoms. The molecule has 2 aromatic rings. The molecule has 3 aliphatic rings. The van der Waals surface area contributed by atoms with Crippen LogP contribution in [0, 0.1) is 5.92 Å². The highest BCUT2D eigenvalue weighted by Gasteiger charge is 2.43. The van der Waals surface area contributed by atoms with Gasteiger partial charge in [0.15, 0.2) is 0 Å². The molecule has 126 valence electrons. The Balaban J connectivity index is 1.33. The topological polar surface area (TPSA) is 45.7 Å². The maximum absolute atomic E-state index is 12.9. The van der Waals surface area contributed by atoms with Crippen LogP contribution in [0.5, 0.6) is 0 Å². The van der Waals surface area contributed by atoms with E-state index in [4.69, 9.17) is 4.74 Å². The third-order valence-corrected chi connectivity index (χ3v) is 6.38. The van der Waals surface area contributed by atoms with Gasteiger partial charge in [-0.2, -0.15) is 0 Å². The van der Waals surface area contributed by atoms with Crippen molar-refractivity contribution < 1.29 is 9.53 Å². The van der Waals surface area contributed by atoms with Crippen LogP contribution < -0.4 is 0 Å². The molecule has 2 aliphatic heterocycles. The van der Waals surface area contributed by atoms with E-state index in [-0.39, 0.29) is 5.91 Å². The number of rotatable bonds is 2. The fourth-order valence-corrected chi connectivity index (χ4v) is 4.83. The average molecular weight is 343 g/mol. The number of fused-ring (bicyclic) bond motifs is 2. The number of carbonyl (C=O) groups excluding carboxylic acids is 1. The normalized spacial score (nSPS) is 28.1. The second kappa shape index (κ2) is 5.79. The maximum atomic E-state index is 12.9. The molecule has 1 amide bonds. The van der Waals surface area contributed by atoms with Crippen molar-refractivity contribution in [3.05, 3.63) is 29.3 Å². The van der Waals surface area contributed by atoms with Crippen molar-refractivity contribution in [2.24, 2.45) is 5.92 Å². The average Bonchev–Trinajstić information content (AvgIpc) is 3.36. The molecule has 1 aliphatic carbocycles. The van der Waals surface area contributed by atoms with Gasteiger partial charge in [0, 0.05) is 31.2 Å². The molecule has 2 saturated heterocycles. The maximum Gasteiger partial charge on any atom is 0.254 e. The predicted octanol–water partition coefficient (Wildman–Crippen LogP) is 2.23. The molecule has 2 atom stereocenters. The largest absolute Gasteiger partial charge is 0.378 e. The molecule has 0 bridgehead atoms. The van der Waals surface area contributed by atoms with E-state index in [1.807, 2.05) is 28.6 Å². The van der Waals surface area contributed by atoms with Crippen molar-refractivity contribution in [3.63, 3.8) is 0 Å². The summed E-state index contributed by atoms with van der Waals surface area (Å²) in [4.78, 5) is 21.8. The van der Waals surface area contributed by atoms with E-state index in [0.29, 0.717) is 12.1 Å². The lowest BCUT2D eigenvalue weighted by Crippen LogP contribution is -2.63. The molecule has 1 saturated carbocycles. The van der Waals surface area contributed by atoms with E-state index in [1.165, 1.54) is 12.8 Å². The summed E-state index contributed by atoms with van der Waals surface area (Å²) in [6.45, 7) is 4.20. The first-order valence-electron chi connectivity index (χ1n) is 8.75. The highest BCUT2D eigenvalue weighted by Crippen LogP contribution is 2.38. The number of carbonyl (C=O) groups is 1. The van der Waals surface area contributed by atoms with Crippen LogP contribution in [0.4, 0.5) is 0 Å². The number of piperazine rings is 1. The minimum Gasteiger partial charge on any atom is -0.378 e. The molecule has 1 aromatic carbocycles. The van der Waals surface area contributed by atoms with E-state index in [9.17, 15) is 4.79 Å². The molecule has 0 spiro atoms. The Labute approximate surface area is 145 Å². The van der Waals surface area contributed by atoms with E-state index < -0.39 is 0 Å². The Bertz CT molecular complexity index is 772. The number of aromatic nitrogens is 1. The van der Waals surface area contributed by atoms with Crippen LogP contribution in [0.1, 0.15) is 23.2 Å². The van der Waals surface area contributed by atoms with E-state index in [0.717, 1.165) is 54.5 Å². The Morgan fingerprint density at radius 3 is 3.04 bits per heavy atom. The predicted molar refractivity (Wildman–Crippen MR) is 93.3 cm³/mol. The summed E-state index contributed by atoms with van der Waals surface area (Å²) in [6.07, 6.45) is 2.68. The molecular formula is C18H21N3O2S. The van der Waals surface area contributed by atoms with Crippen LogP contribution in [0.15, 0.2) is 23.7 Å². The number of thiazole rings is 1. The highest BCUT2D eigenvalue weighted by atomic mass is 32.1. The Hall–Kier alpha value is -1.50. The lowest BCUT2D eigenvalue weighted by Gasteiger charge is -2.48. The first-order chi connectivity index (χ1) is 11.8. The van der Waals surface area contributed by atoms with Gasteiger partial charge in [0.1, 0.15) is 0 Å². The highest BCUT2D eigenvalue weighted by molar-refractivity contribution is 7.16. The fourth-order valence-electron chi connectivity index (χ4n) is 4.12. The molecule has 0 radical (unpaired) electrons. The van der Waals surface area contributed by atoms with Crippen molar-refractivity contribution in [2.45, 2.75) is 24.9 Å². The SMILES string of the molecule is O=C(c1ccc2ncsc2c1)N1CCN2[C@@H](COC[C@@H]2C2CC2)C1. The van der Waals surface area contributed by atoms with Crippen molar-refractivity contribution in [1.29, 1.82) is 0 Å². The molecule has 3 fully saturated rings. The van der Waals surface area contributed by atoms with E-state index in [1.54, 1.807) is 11.3 Å². The molecule has 0 unspecified atom stereocenters. The van der Waals surface area contributed by atoms with Gasteiger partial charge in [-0.15, -0.1) is 11.3 Å². The number of nitrogens with zero attached hydrogens (tertiary/aromatic N) is 3. The summed E-state index contributed by atoms with van der Waals surface area (Å²) in [5.41, 5.74) is 3.57. The smallest absolute Gasteiger partial charge is 0.254 e. The van der Waals surface area contributed by atoms with Crippen molar-refractivity contribution in [1.82, 2.24) is 14.8 Å². The minimum absolute atomic E-state index is 0.137. The number of hydrogen-bond acceptors (Lipinski definition) is 5. The van der Waals surface area contributed by atoms with E-state index >= 15 is 0 Å². The van der Waals surface area contributed by atoms with Gasteiger partial charge in [0.2, 0.25) is 0 Å². The molecule has 1 aromatic heterocycles. The summed E-state index contributed by atoms with van der Waals surface area (Å²) < 4.78 is 6.93. The van der Waals surface area contributed by atoms with Crippen LogP contribution in [-0.4, -0.2) is 65.6 Å². The van der Waals surface area contributed by atoms with Crippen molar-refractivity contribution >= 4 is 27.5 Å². The summed E-state index contributed by atoms with van der Waals surface area (Å²) in [5.74, 6) is 0.960. The van der Waals surface area contributed by atoms with Gasteiger partial charge in [0.25, 0.3) is 5.91 Å². The Morgan fingerprint density at radius 2 is 2.17 bits per heavy atom. The van der Waals surface area contributed by atoms with Crippen LogP contribution in [0.3, 0.4) is 0 Å². The zero-order chi connectivity index (χ0) is 16.1. The molecule has 24 heavy (non-hydrogen) atoms. The van der Waals surface area contributed by atoms with Crippen molar-refractivity contribution in [2.75, 3.05) is 32.8 Å². The fraction of sp³-hybridized carbons (Fsp3) is 0.556. The van der Waals surface area contributed by atoms with Crippen LogP contribution >= 0.6 is 11.3 Å². The second-order valence-corrected chi connectivity index (χ2v) is 8.01. The summed E-state index contributed by atoms with van der Waals surface area (Å²) in [5, 5.41) is 0. The first kappa shape index (κ1) is 14.8. The molecule has 5 rings (SSSR count). The first-order valence-corrected chi connectivity index (χ1v) is 9.63. The lowest BCUT2D eigenvalue weighted by molar-refractivity contribution is -0.0816. The van der Waals surface area contributed by atoms with Gasteiger partial charge in [0.05, 0.1) is 35.0 Å².